The number of likely N-dealkylation sites (tertiary alicyclic amines) is 1. The van der Waals surface area contributed by atoms with E-state index in [1.807, 2.05) is 17.0 Å². The van der Waals surface area contributed by atoms with E-state index in [-0.39, 0.29) is 18.1 Å². The topological polar surface area (TPSA) is 36.1 Å². The fourth-order valence-corrected chi connectivity index (χ4v) is 4.00. The lowest BCUT2D eigenvalue weighted by atomic mass is 9.89. The number of piperidine rings is 1. The van der Waals surface area contributed by atoms with Crippen molar-refractivity contribution in [1.29, 1.82) is 0 Å². The van der Waals surface area contributed by atoms with Crippen molar-refractivity contribution in [2.75, 3.05) is 13.1 Å². The van der Waals surface area contributed by atoms with Crippen LogP contribution in [-0.4, -0.2) is 28.9 Å². The summed E-state index contributed by atoms with van der Waals surface area (Å²) in [6.45, 7) is 1.47. The Morgan fingerprint density at radius 3 is 2.77 bits per heavy atom. The molecule has 3 aromatic rings. The van der Waals surface area contributed by atoms with Gasteiger partial charge in [0, 0.05) is 35.2 Å². The van der Waals surface area contributed by atoms with Crippen molar-refractivity contribution >= 4 is 28.4 Å². The van der Waals surface area contributed by atoms with Crippen molar-refractivity contribution in [3.8, 4) is 0 Å². The first-order chi connectivity index (χ1) is 12.6. The maximum absolute atomic E-state index is 13.3. The minimum Gasteiger partial charge on any atom is -0.361 e. The third-order valence-corrected chi connectivity index (χ3v) is 5.44. The number of aromatic amines is 1. The third-order valence-electron chi connectivity index (χ3n) is 5.21. The minimum absolute atomic E-state index is 0.0692. The van der Waals surface area contributed by atoms with Crippen molar-refractivity contribution in [3.63, 3.8) is 0 Å². The molecule has 0 aliphatic carbocycles. The highest BCUT2D eigenvalue weighted by Gasteiger charge is 2.25. The number of fused-ring (bicyclic) bond motifs is 1. The molecule has 26 heavy (non-hydrogen) atoms. The predicted molar refractivity (Wildman–Crippen MR) is 102 cm³/mol. The van der Waals surface area contributed by atoms with E-state index in [1.165, 1.54) is 23.1 Å². The summed E-state index contributed by atoms with van der Waals surface area (Å²) in [4.78, 5) is 17.7. The van der Waals surface area contributed by atoms with Gasteiger partial charge in [-0.25, -0.2) is 4.39 Å². The van der Waals surface area contributed by atoms with E-state index in [1.54, 1.807) is 12.1 Å². The second-order valence-corrected chi connectivity index (χ2v) is 7.33. The van der Waals surface area contributed by atoms with Crippen LogP contribution >= 0.6 is 11.6 Å². The standard InChI is InChI=1S/C21H20ClFN2O/c22-16-4-5-18-19(13-24-20(18)12-16)15-6-8-25(9-7-15)21(26)11-14-2-1-3-17(23)10-14/h1-5,10,12-13,15,24H,6-9,11H2. The number of aromatic nitrogens is 1. The van der Waals surface area contributed by atoms with Crippen LogP contribution in [0.1, 0.15) is 29.9 Å². The fraction of sp³-hybridized carbons (Fsp3) is 0.286. The summed E-state index contributed by atoms with van der Waals surface area (Å²) >= 11 is 6.06. The van der Waals surface area contributed by atoms with E-state index in [0.29, 0.717) is 5.92 Å². The van der Waals surface area contributed by atoms with Crippen LogP contribution in [0.4, 0.5) is 4.39 Å². The maximum atomic E-state index is 13.3. The Bertz CT molecular complexity index is 944. The monoisotopic (exact) mass is 370 g/mol. The predicted octanol–water partition coefficient (Wildman–Crippen LogP) is 4.91. The third kappa shape index (κ3) is 3.47. The molecule has 0 atom stereocenters. The van der Waals surface area contributed by atoms with Crippen molar-refractivity contribution < 1.29 is 9.18 Å². The quantitative estimate of drug-likeness (QED) is 0.698. The Hall–Kier alpha value is -2.33. The zero-order valence-electron chi connectivity index (χ0n) is 14.3. The van der Waals surface area contributed by atoms with Crippen LogP contribution in [0.15, 0.2) is 48.7 Å². The van der Waals surface area contributed by atoms with Crippen molar-refractivity contribution in [2.24, 2.45) is 0 Å². The summed E-state index contributed by atoms with van der Waals surface area (Å²) in [6, 6.07) is 12.2. The molecule has 134 valence electrons. The summed E-state index contributed by atoms with van der Waals surface area (Å²) in [7, 11) is 0. The van der Waals surface area contributed by atoms with E-state index in [9.17, 15) is 9.18 Å². The molecule has 3 nitrogen and oxygen atoms in total. The number of hydrogen-bond acceptors (Lipinski definition) is 1. The average molecular weight is 371 g/mol. The van der Waals surface area contributed by atoms with Crippen LogP contribution in [0, 0.1) is 5.82 Å². The molecule has 1 N–H and O–H groups in total. The van der Waals surface area contributed by atoms with Gasteiger partial charge in [0.05, 0.1) is 6.42 Å². The number of carbonyl (C=O) groups excluding carboxylic acids is 1. The molecule has 2 aromatic carbocycles. The largest absolute Gasteiger partial charge is 0.361 e. The Labute approximate surface area is 156 Å². The van der Waals surface area contributed by atoms with E-state index >= 15 is 0 Å². The normalized spacial score (nSPS) is 15.5. The SMILES string of the molecule is O=C(Cc1cccc(F)c1)N1CCC(c2c[nH]c3cc(Cl)ccc23)CC1. The lowest BCUT2D eigenvalue weighted by Crippen LogP contribution is -2.38. The van der Waals surface area contributed by atoms with E-state index < -0.39 is 0 Å². The molecule has 1 aliphatic rings. The molecule has 1 saturated heterocycles. The van der Waals surface area contributed by atoms with E-state index in [2.05, 4.69) is 17.2 Å². The van der Waals surface area contributed by atoms with Crippen LogP contribution in [0.3, 0.4) is 0 Å². The van der Waals surface area contributed by atoms with Gasteiger partial charge in [0.1, 0.15) is 5.82 Å². The zero-order chi connectivity index (χ0) is 18.1. The summed E-state index contributed by atoms with van der Waals surface area (Å²) in [5.41, 5.74) is 3.08. The van der Waals surface area contributed by atoms with Crippen LogP contribution in [-0.2, 0) is 11.2 Å². The van der Waals surface area contributed by atoms with Gasteiger partial charge in [-0.3, -0.25) is 4.79 Å². The van der Waals surface area contributed by atoms with Crippen molar-refractivity contribution in [3.05, 3.63) is 70.6 Å². The van der Waals surface area contributed by atoms with Gasteiger partial charge >= 0.3 is 0 Å². The number of carbonyl (C=O) groups is 1. The number of rotatable bonds is 3. The molecule has 1 amide bonds. The van der Waals surface area contributed by atoms with Gasteiger partial charge in [-0.05, 0) is 54.2 Å². The molecule has 0 bridgehead atoms. The molecular formula is C21H20ClFN2O. The number of benzene rings is 2. The first-order valence-electron chi connectivity index (χ1n) is 8.89. The lowest BCUT2D eigenvalue weighted by molar-refractivity contribution is -0.131. The Morgan fingerprint density at radius 1 is 1.19 bits per heavy atom. The first kappa shape index (κ1) is 17.1. The Balaban J connectivity index is 1.41. The molecular weight excluding hydrogens is 351 g/mol. The summed E-state index contributed by atoms with van der Waals surface area (Å²) < 4.78 is 13.3. The maximum Gasteiger partial charge on any atom is 0.226 e. The highest BCUT2D eigenvalue weighted by atomic mass is 35.5. The van der Waals surface area contributed by atoms with Crippen LogP contribution in [0.2, 0.25) is 5.02 Å². The highest BCUT2D eigenvalue weighted by molar-refractivity contribution is 6.31. The number of hydrogen-bond donors (Lipinski definition) is 1. The van der Waals surface area contributed by atoms with Crippen LogP contribution in [0.5, 0.6) is 0 Å². The van der Waals surface area contributed by atoms with Gasteiger partial charge in [-0.2, -0.15) is 0 Å². The molecule has 1 aromatic heterocycles. The molecule has 1 fully saturated rings. The molecule has 0 unspecified atom stereocenters. The number of halogens is 2. The zero-order valence-corrected chi connectivity index (χ0v) is 15.1. The summed E-state index contributed by atoms with van der Waals surface area (Å²) in [5, 5.41) is 1.93. The summed E-state index contributed by atoms with van der Waals surface area (Å²) in [6.07, 6.45) is 4.19. The van der Waals surface area contributed by atoms with Gasteiger partial charge in [0.15, 0.2) is 0 Å². The summed E-state index contributed by atoms with van der Waals surface area (Å²) in [5.74, 6) is 0.205. The van der Waals surface area contributed by atoms with Gasteiger partial charge in [0.25, 0.3) is 0 Å². The molecule has 5 heteroatoms. The lowest BCUT2D eigenvalue weighted by Gasteiger charge is -2.32. The van der Waals surface area contributed by atoms with E-state index in [4.69, 9.17) is 11.6 Å². The molecule has 0 saturated carbocycles. The number of H-pyrrole nitrogens is 1. The smallest absolute Gasteiger partial charge is 0.226 e. The molecule has 0 spiro atoms. The second kappa shape index (κ2) is 7.12. The number of nitrogens with one attached hydrogen (secondary N) is 1. The van der Waals surface area contributed by atoms with Gasteiger partial charge < -0.3 is 9.88 Å². The number of amides is 1. The van der Waals surface area contributed by atoms with Crippen molar-refractivity contribution in [1.82, 2.24) is 9.88 Å². The van der Waals surface area contributed by atoms with Crippen LogP contribution < -0.4 is 0 Å². The minimum atomic E-state index is -0.298. The van der Waals surface area contributed by atoms with Crippen molar-refractivity contribution in [2.45, 2.75) is 25.2 Å². The number of nitrogens with zero attached hydrogens (tertiary/aromatic N) is 1. The fourth-order valence-electron chi connectivity index (χ4n) is 3.83. The van der Waals surface area contributed by atoms with E-state index in [0.717, 1.165) is 42.0 Å². The van der Waals surface area contributed by atoms with Crippen LogP contribution in [0.25, 0.3) is 10.9 Å². The molecule has 1 aliphatic heterocycles. The Morgan fingerprint density at radius 2 is 2.00 bits per heavy atom. The Kier molecular flexibility index (Phi) is 4.68. The first-order valence-corrected chi connectivity index (χ1v) is 9.27. The van der Waals surface area contributed by atoms with Gasteiger partial charge in [-0.1, -0.05) is 29.8 Å². The molecule has 0 radical (unpaired) electrons. The van der Waals surface area contributed by atoms with Gasteiger partial charge in [-0.15, -0.1) is 0 Å². The second-order valence-electron chi connectivity index (χ2n) is 6.90. The molecule has 2 heterocycles. The average Bonchev–Trinajstić information content (AvgIpc) is 3.05. The van der Waals surface area contributed by atoms with Gasteiger partial charge in [0.2, 0.25) is 5.91 Å². The molecule has 4 rings (SSSR count). The highest BCUT2D eigenvalue weighted by Crippen LogP contribution is 2.34.